The molecule has 5 aromatic rings. The van der Waals surface area contributed by atoms with Crippen LogP contribution >= 0.6 is 11.6 Å². The van der Waals surface area contributed by atoms with Crippen LogP contribution in [0.3, 0.4) is 0 Å². The molecule has 38 heavy (non-hydrogen) atoms. The van der Waals surface area contributed by atoms with Crippen LogP contribution in [0.15, 0.2) is 63.9 Å². The molecule has 0 atom stereocenters. The van der Waals surface area contributed by atoms with Crippen molar-refractivity contribution in [2.75, 3.05) is 7.11 Å². The van der Waals surface area contributed by atoms with E-state index < -0.39 is 11.6 Å². The number of aromatic amines is 1. The van der Waals surface area contributed by atoms with Gasteiger partial charge < -0.3 is 14.0 Å². The summed E-state index contributed by atoms with van der Waals surface area (Å²) in [7, 11) is 1.63. The highest BCUT2D eigenvalue weighted by Gasteiger charge is 2.24. The third-order valence-electron chi connectivity index (χ3n) is 6.63. The normalized spacial score (nSPS) is 14.1. The number of aromatic nitrogens is 4. The van der Waals surface area contributed by atoms with Gasteiger partial charge in [-0.15, -0.1) is 0 Å². The lowest BCUT2D eigenvalue weighted by Crippen LogP contribution is -2.07. The van der Waals surface area contributed by atoms with Crippen LogP contribution in [0.4, 0.5) is 4.39 Å². The molecule has 0 spiro atoms. The van der Waals surface area contributed by atoms with E-state index >= 15 is 0 Å². The van der Waals surface area contributed by atoms with Gasteiger partial charge >= 0.3 is 5.76 Å². The summed E-state index contributed by atoms with van der Waals surface area (Å²) in [5.41, 5.74) is 6.55. The van der Waals surface area contributed by atoms with Gasteiger partial charge in [0.05, 0.1) is 10.5 Å². The molecule has 1 N–H and O–H groups in total. The molecule has 0 radical (unpaired) electrons. The van der Waals surface area contributed by atoms with Crippen molar-refractivity contribution in [1.29, 1.82) is 0 Å². The average Bonchev–Trinajstić information content (AvgIpc) is 3.45. The molecule has 2 aromatic heterocycles. The Bertz CT molecular complexity index is 1790. The van der Waals surface area contributed by atoms with Crippen molar-refractivity contribution in [1.82, 2.24) is 19.7 Å². The van der Waals surface area contributed by atoms with Crippen LogP contribution in [0, 0.1) is 5.82 Å². The maximum Gasteiger partial charge on any atom is 0.439 e. The van der Waals surface area contributed by atoms with Crippen LogP contribution in [-0.4, -0.2) is 26.8 Å². The van der Waals surface area contributed by atoms with Crippen molar-refractivity contribution in [2.45, 2.75) is 26.7 Å². The molecule has 1 aliphatic rings. The minimum atomic E-state index is -0.653. The Balaban J connectivity index is 1.48. The number of imidazole rings is 1. The van der Waals surface area contributed by atoms with Crippen LogP contribution in [-0.2, 0) is 24.5 Å². The minimum absolute atomic E-state index is 0.229. The first-order chi connectivity index (χ1) is 18.4. The molecular formula is C28H22ClFN4O4. The van der Waals surface area contributed by atoms with E-state index in [9.17, 15) is 9.18 Å². The van der Waals surface area contributed by atoms with E-state index in [1.165, 1.54) is 12.1 Å². The molecule has 0 aliphatic carbocycles. The molecule has 0 fully saturated rings. The number of hydrogen-bond donors (Lipinski definition) is 1. The first-order valence-electron chi connectivity index (χ1n) is 11.9. The Hall–Kier alpha value is -4.21. The summed E-state index contributed by atoms with van der Waals surface area (Å²) >= 11 is 6.41. The van der Waals surface area contributed by atoms with E-state index in [0.29, 0.717) is 40.9 Å². The summed E-state index contributed by atoms with van der Waals surface area (Å²) in [5, 5.41) is 4.45. The van der Waals surface area contributed by atoms with E-state index in [-0.39, 0.29) is 6.61 Å². The van der Waals surface area contributed by atoms with Gasteiger partial charge in [-0.3, -0.25) is 9.51 Å². The molecule has 3 aromatic carbocycles. The Morgan fingerprint density at radius 1 is 1.18 bits per heavy atom. The van der Waals surface area contributed by atoms with Crippen LogP contribution in [0.5, 0.6) is 5.75 Å². The molecule has 192 valence electrons. The Morgan fingerprint density at radius 2 is 2.03 bits per heavy atom. The standard InChI is InChI=1S/C28H22ClFN4O4/c1-15(27-32-28(35)38-33-27)25-19-8-6-16(10-17(19)13-37-23-11-18(30)7-9-20(23)25)12-34-22-5-3-4-21(29)26(22)31-24(34)14-36-2/h3-11H,12-14H2,1-2H3,(H,32,33,35). The highest BCUT2D eigenvalue weighted by atomic mass is 35.5. The Kier molecular flexibility index (Phi) is 6.09. The molecule has 0 amide bonds. The van der Waals surface area contributed by atoms with E-state index in [2.05, 4.69) is 20.8 Å². The number of para-hydroxylation sites is 1. The summed E-state index contributed by atoms with van der Waals surface area (Å²) in [5.74, 6) is 0.401. The van der Waals surface area contributed by atoms with E-state index in [1.807, 2.05) is 37.3 Å². The molecule has 8 nitrogen and oxygen atoms in total. The largest absolute Gasteiger partial charge is 0.488 e. The molecule has 0 saturated heterocycles. The second-order valence-electron chi connectivity index (χ2n) is 9.02. The van der Waals surface area contributed by atoms with Crippen LogP contribution in [0.1, 0.15) is 40.8 Å². The topological polar surface area (TPSA) is 95.2 Å². The van der Waals surface area contributed by atoms with Crippen molar-refractivity contribution >= 4 is 33.8 Å². The highest BCUT2D eigenvalue weighted by molar-refractivity contribution is 6.34. The van der Waals surface area contributed by atoms with Gasteiger partial charge in [0, 0.05) is 30.9 Å². The molecule has 0 unspecified atom stereocenters. The Labute approximate surface area is 221 Å². The first kappa shape index (κ1) is 24.1. The van der Waals surface area contributed by atoms with Crippen molar-refractivity contribution in [3.05, 3.63) is 110 Å². The molecule has 3 heterocycles. The van der Waals surface area contributed by atoms with Gasteiger partial charge in [0.2, 0.25) is 0 Å². The second-order valence-corrected chi connectivity index (χ2v) is 9.43. The van der Waals surface area contributed by atoms with Gasteiger partial charge in [-0.1, -0.05) is 35.0 Å². The zero-order valence-corrected chi connectivity index (χ0v) is 21.3. The van der Waals surface area contributed by atoms with Crippen molar-refractivity contribution < 1.29 is 18.4 Å². The molecule has 0 saturated carbocycles. The number of benzene rings is 3. The summed E-state index contributed by atoms with van der Waals surface area (Å²) < 4.78 is 32.4. The van der Waals surface area contributed by atoms with Crippen molar-refractivity contribution in [3.63, 3.8) is 0 Å². The first-order valence-corrected chi connectivity index (χ1v) is 12.3. The second kappa shape index (κ2) is 9.59. The molecule has 10 heteroatoms. The predicted molar refractivity (Wildman–Crippen MR) is 140 cm³/mol. The van der Waals surface area contributed by atoms with Gasteiger partial charge in [-0.25, -0.2) is 14.2 Å². The number of allylic oxidation sites excluding steroid dienone is 1. The van der Waals surface area contributed by atoms with Gasteiger partial charge in [0.25, 0.3) is 0 Å². The van der Waals surface area contributed by atoms with Crippen molar-refractivity contribution in [2.24, 2.45) is 0 Å². The van der Waals surface area contributed by atoms with Crippen LogP contribution in [0.2, 0.25) is 5.02 Å². The molecule has 0 bridgehead atoms. The van der Waals surface area contributed by atoms with E-state index in [1.54, 1.807) is 13.2 Å². The monoisotopic (exact) mass is 532 g/mol. The quantitative estimate of drug-likeness (QED) is 0.318. The zero-order valence-electron chi connectivity index (χ0n) is 20.5. The fourth-order valence-corrected chi connectivity index (χ4v) is 5.12. The minimum Gasteiger partial charge on any atom is -0.488 e. The smallest absolute Gasteiger partial charge is 0.439 e. The molecule has 1 aliphatic heterocycles. The summed E-state index contributed by atoms with van der Waals surface area (Å²) in [4.78, 5) is 19.0. The van der Waals surface area contributed by atoms with E-state index in [0.717, 1.165) is 39.1 Å². The van der Waals surface area contributed by atoms with Gasteiger partial charge in [0.15, 0.2) is 5.82 Å². The van der Waals surface area contributed by atoms with Gasteiger partial charge in [-0.05, 0) is 59.5 Å². The number of methoxy groups -OCH3 is 1. The third-order valence-corrected chi connectivity index (χ3v) is 6.93. The summed E-state index contributed by atoms with van der Waals surface area (Å²) in [6.07, 6.45) is 0. The lowest BCUT2D eigenvalue weighted by molar-refractivity contribution is 0.175. The summed E-state index contributed by atoms with van der Waals surface area (Å²) in [6.45, 7) is 2.92. The number of ether oxygens (including phenoxy) is 2. The molecule has 6 rings (SSSR count). The number of hydrogen-bond acceptors (Lipinski definition) is 6. The Morgan fingerprint density at radius 3 is 2.82 bits per heavy atom. The highest BCUT2D eigenvalue weighted by Crippen LogP contribution is 2.41. The number of rotatable bonds is 5. The molecular weight excluding hydrogens is 511 g/mol. The number of fused-ring (bicyclic) bond motifs is 3. The third kappa shape index (κ3) is 4.19. The predicted octanol–water partition coefficient (Wildman–Crippen LogP) is 5.57. The van der Waals surface area contributed by atoms with Gasteiger partial charge in [0.1, 0.15) is 36.1 Å². The van der Waals surface area contributed by atoms with E-state index in [4.69, 9.17) is 30.6 Å². The number of H-pyrrole nitrogens is 1. The maximum absolute atomic E-state index is 14.1. The fourth-order valence-electron chi connectivity index (χ4n) is 4.90. The average molecular weight is 533 g/mol. The van der Waals surface area contributed by atoms with Crippen LogP contribution < -0.4 is 10.5 Å². The maximum atomic E-state index is 14.1. The lowest BCUT2D eigenvalue weighted by Gasteiger charge is -2.15. The number of halogens is 2. The SMILES string of the molecule is COCc1nc2c(Cl)cccc2n1Cc1ccc2c(c1)COc1cc(F)ccc1C2=C(C)c1noc(=O)[nH]1. The summed E-state index contributed by atoms with van der Waals surface area (Å²) in [6, 6.07) is 16.2. The van der Waals surface area contributed by atoms with Gasteiger partial charge in [-0.2, -0.15) is 0 Å². The van der Waals surface area contributed by atoms with Crippen LogP contribution in [0.25, 0.3) is 22.2 Å². The lowest BCUT2D eigenvalue weighted by atomic mass is 9.89. The number of nitrogens with zero attached hydrogens (tertiary/aromatic N) is 3. The fraction of sp³-hybridized carbons (Fsp3) is 0.179. The van der Waals surface area contributed by atoms with Crippen molar-refractivity contribution in [3.8, 4) is 5.75 Å². The number of nitrogens with one attached hydrogen (secondary N) is 1. The zero-order chi connectivity index (χ0) is 26.4.